The van der Waals surface area contributed by atoms with Gasteiger partial charge in [0.25, 0.3) is 0 Å². The minimum absolute atomic E-state index is 0.0212. The summed E-state index contributed by atoms with van der Waals surface area (Å²) in [5.74, 6) is -0.410. The second kappa shape index (κ2) is 9.08. The molecule has 0 saturated carbocycles. The van der Waals surface area contributed by atoms with Crippen molar-refractivity contribution in [3.8, 4) is 5.75 Å². The summed E-state index contributed by atoms with van der Waals surface area (Å²) in [6, 6.07) is 7.43. The minimum Gasteiger partial charge on any atom is -0.496 e. The molecule has 1 heterocycles. The summed E-state index contributed by atoms with van der Waals surface area (Å²) >= 11 is 0. The van der Waals surface area contributed by atoms with Gasteiger partial charge in [0.05, 0.1) is 13.5 Å². The van der Waals surface area contributed by atoms with Gasteiger partial charge in [0.2, 0.25) is 5.91 Å². The second-order valence-electron chi connectivity index (χ2n) is 5.59. The highest BCUT2D eigenvalue weighted by Gasteiger charge is 2.24. The quantitative estimate of drug-likeness (QED) is 0.774. The van der Waals surface area contributed by atoms with Crippen molar-refractivity contribution in [3.63, 3.8) is 0 Å². The molecule has 1 fully saturated rings. The molecule has 0 aromatic heterocycles. The second-order valence-corrected chi connectivity index (χ2v) is 5.59. The number of carboxylic acids is 1. The topological polar surface area (TPSA) is 76.1 Å². The highest BCUT2D eigenvalue weighted by molar-refractivity contribution is 5.92. The first-order valence-corrected chi connectivity index (χ1v) is 8.03. The monoisotopic (exact) mass is 333 g/mol. The van der Waals surface area contributed by atoms with Gasteiger partial charge in [-0.2, -0.15) is 0 Å². The lowest BCUT2D eigenvalue weighted by Gasteiger charge is -2.33. The molecule has 130 valence electrons. The molecule has 1 aromatic carbocycles. The van der Waals surface area contributed by atoms with Crippen molar-refractivity contribution in [2.75, 3.05) is 26.9 Å². The summed E-state index contributed by atoms with van der Waals surface area (Å²) in [6.45, 7) is 1.39. The van der Waals surface area contributed by atoms with Gasteiger partial charge in [-0.1, -0.05) is 18.2 Å². The van der Waals surface area contributed by atoms with Gasteiger partial charge in [0.1, 0.15) is 5.75 Å². The highest BCUT2D eigenvalue weighted by Crippen LogP contribution is 2.20. The first kappa shape index (κ1) is 18.0. The number of methoxy groups -OCH3 is 1. The van der Waals surface area contributed by atoms with Crippen LogP contribution >= 0.6 is 0 Å². The van der Waals surface area contributed by atoms with E-state index < -0.39 is 5.97 Å². The Morgan fingerprint density at radius 2 is 2.04 bits per heavy atom. The van der Waals surface area contributed by atoms with Gasteiger partial charge in [-0.25, -0.2) is 0 Å². The number of rotatable bonds is 7. The van der Waals surface area contributed by atoms with E-state index >= 15 is 0 Å². The van der Waals surface area contributed by atoms with Crippen LogP contribution in [-0.4, -0.2) is 54.8 Å². The summed E-state index contributed by atoms with van der Waals surface area (Å²) < 4.78 is 10.6. The number of ether oxygens (including phenoxy) is 2. The van der Waals surface area contributed by atoms with Gasteiger partial charge in [-0.05, 0) is 25.0 Å². The Balaban J connectivity index is 2.10. The Kier molecular flexibility index (Phi) is 6.81. The summed E-state index contributed by atoms with van der Waals surface area (Å²) in [6.07, 6.45) is 4.58. The number of nitrogens with zero attached hydrogens (tertiary/aromatic N) is 1. The fourth-order valence-corrected chi connectivity index (χ4v) is 2.75. The molecule has 1 aromatic rings. The normalized spacial score (nSPS) is 15.4. The van der Waals surface area contributed by atoms with Crippen molar-refractivity contribution in [2.24, 2.45) is 0 Å². The molecule has 0 spiro atoms. The first-order chi connectivity index (χ1) is 11.6. The number of carbonyl (C=O) groups is 2. The predicted octanol–water partition coefficient (Wildman–Crippen LogP) is 2.19. The number of hydrogen-bond donors (Lipinski definition) is 1. The van der Waals surface area contributed by atoms with Crippen LogP contribution in [0.15, 0.2) is 30.3 Å². The van der Waals surface area contributed by atoms with E-state index in [0.29, 0.717) is 19.0 Å². The summed E-state index contributed by atoms with van der Waals surface area (Å²) in [4.78, 5) is 25.1. The number of carboxylic acid groups (broad SMARTS) is 1. The summed E-state index contributed by atoms with van der Waals surface area (Å²) in [5.41, 5.74) is 0.804. The molecule has 0 unspecified atom stereocenters. The SMILES string of the molecule is COc1ccccc1/C=C/C(=O)N(CCC(=O)O)C1CCOCC1. The summed E-state index contributed by atoms with van der Waals surface area (Å²) in [5, 5.41) is 8.92. The maximum Gasteiger partial charge on any atom is 0.305 e. The van der Waals surface area contributed by atoms with E-state index in [1.54, 1.807) is 18.1 Å². The Morgan fingerprint density at radius 1 is 1.33 bits per heavy atom. The van der Waals surface area contributed by atoms with Crippen LogP contribution in [0.1, 0.15) is 24.8 Å². The standard InChI is InChI=1S/C18H23NO5/c1-23-16-5-3-2-4-14(16)6-7-17(20)19(11-8-18(21)22)15-9-12-24-13-10-15/h2-7,15H,8-13H2,1H3,(H,21,22)/b7-6+. The van der Waals surface area contributed by atoms with Crippen LogP contribution in [-0.2, 0) is 14.3 Å². The van der Waals surface area contributed by atoms with E-state index in [0.717, 1.165) is 18.4 Å². The van der Waals surface area contributed by atoms with Gasteiger partial charge in [0.15, 0.2) is 0 Å². The van der Waals surface area contributed by atoms with E-state index in [-0.39, 0.29) is 24.9 Å². The molecular formula is C18H23NO5. The molecule has 1 saturated heterocycles. The molecular weight excluding hydrogens is 310 g/mol. The van der Waals surface area contributed by atoms with Crippen LogP contribution in [0.4, 0.5) is 0 Å². The molecule has 0 atom stereocenters. The zero-order valence-corrected chi connectivity index (χ0v) is 13.8. The summed E-state index contributed by atoms with van der Waals surface area (Å²) in [7, 11) is 1.58. The van der Waals surface area contributed by atoms with Crippen molar-refractivity contribution < 1.29 is 24.2 Å². The van der Waals surface area contributed by atoms with E-state index in [4.69, 9.17) is 14.6 Å². The number of amides is 1. The van der Waals surface area contributed by atoms with Crippen LogP contribution in [0.2, 0.25) is 0 Å². The van der Waals surface area contributed by atoms with Gasteiger partial charge >= 0.3 is 5.97 Å². The number of hydrogen-bond acceptors (Lipinski definition) is 4. The molecule has 0 aliphatic carbocycles. The molecule has 1 aliphatic heterocycles. The van der Waals surface area contributed by atoms with Crippen LogP contribution in [0.25, 0.3) is 6.08 Å². The largest absolute Gasteiger partial charge is 0.496 e. The smallest absolute Gasteiger partial charge is 0.305 e. The van der Waals surface area contributed by atoms with Crippen LogP contribution in [0.3, 0.4) is 0 Å². The molecule has 0 bridgehead atoms. The zero-order chi connectivity index (χ0) is 17.4. The molecule has 6 heteroatoms. The molecule has 0 radical (unpaired) electrons. The number of aliphatic carboxylic acids is 1. The van der Waals surface area contributed by atoms with Gasteiger partial charge in [0, 0.05) is 37.4 Å². The lowest BCUT2D eigenvalue weighted by molar-refractivity contribution is -0.138. The molecule has 1 aliphatic rings. The lowest BCUT2D eigenvalue weighted by atomic mass is 10.1. The van der Waals surface area contributed by atoms with E-state index in [2.05, 4.69) is 0 Å². The predicted molar refractivity (Wildman–Crippen MR) is 89.8 cm³/mol. The van der Waals surface area contributed by atoms with Gasteiger partial charge < -0.3 is 19.5 Å². The van der Waals surface area contributed by atoms with Crippen LogP contribution in [0, 0.1) is 0 Å². The van der Waals surface area contributed by atoms with Crippen molar-refractivity contribution in [2.45, 2.75) is 25.3 Å². The Morgan fingerprint density at radius 3 is 2.71 bits per heavy atom. The third-order valence-electron chi connectivity index (χ3n) is 4.03. The maximum absolute atomic E-state index is 12.6. The van der Waals surface area contributed by atoms with Gasteiger partial charge in [-0.3, -0.25) is 9.59 Å². The average molecular weight is 333 g/mol. The van der Waals surface area contributed by atoms with Crippen LogP contribution in [0.5, 0.6) is 5.75 Å². The van der Waals surface area contributed by atoms with Crippen molar-refractivity contribution >= 4 is 18.0 Å². The Bertz CT molecular complexity index is 593. The molecule has 1 N–H and O–H groups in total. The van der Waals surface area contributed by atoms with Crippen molar-refractivity contribution in [3.05, 3.63) is 35.9 Å². The number of carbonyl (C=O) groups excluding carboxylic acids is 1. The molecule has 2 rings (SSSR count). The van der Waals surface area contributed by atoms with E-state index in [1.807, 2.05) is 24.3 Å². The molecule has 24 heavy (non-hydrogen) atoms. The Labute approximate surface area is 141 Å². The van der Waals surface area contributed by atoms with Crippen molar-refractivity contribution in [1.82, 2.24) is 4.90 Å². The molecule has 6 nitrogen and oxygen atoms in total. The first-order valence-electron chi connectivity index (χ1n) is 8.03. The van der Waals surface area contributed by atoms with Gasteiger partial charge in [-0.15, -0.1) is 0 Å². The fraction of sp³-hybridized carbons (Fsp3) is 0.444. The zero-order valence-electron chi connectivity index (χ0n) is 13.8. The minimum atomic E-state index is -0.909. The maximum atomic E-state index is 12.6. The third-order valence-corrected chi connectivity index (χ3v) is 4.03. The van der Waals surface area contributed by atoms with Crippen molar-refractivity contribution in [1.29, 1.82) is 0 Å². The fourth-order valence-electron chi connectivity index (χ4n) is 2.75. The van der Waals surface area contributed by atoms with E-state index in [9.17, 15) is 9.59 Å². The Hall–Kier alpha value is -2.34. The highest BCUT2D eigenvalue weighted by atomic mass is 16.5. The average Bonchev–Trinajstić information content (AvgIpc) is 2.61. The molecule has 1 amide bonds. The number of para-hydroxylation sites is 1. The lowest BCUT2D eigenvalue weighted by Crippen LogP contribution is -2.43. The van der Waals surface area contributed by atoms with E-state index in [1.165, 1.54) is 6.08 Å². The number of benzene rings is 1. The van der Waals surface area contributed by atoms with Crippen LogP contribution < -0.4 is 4.74 Å². The third kappa shape index (κ3) is 5.09.